The van der Waals surface area contributed by atoms with E-state index in [4.69, 9.17) is 0 Å². The van der Waals surface area contributed by atoms with Gasteiger partial charge in [0.2, 0.25) is 5.91 Å². The number of aromatic hydroxyl groups is 1. The monoisotopic (exact) mass is 264 g/mol. The Labute approximate surface area is 113 Å². The molecule has 1 amide bonds. The number of phenols is 1. The number of carbonyl (C=O) groups excluding carboxylic acids is 1. The number of anilines is 1. The molecular weight excluding hydrogens is 244 g/mol. The van der Waals surface area contributed by atoms with Gasteiger partial charge in [0, 0.05) is 18.3 Å². The molecule has 0 bridgehead atoms. The molecule has 0 unspecified atom stereocenters. The molecule has 1 aliphatic heterocycles. The molecule has 1 aliphatic rings. The fourth-order valence-corrected chi connectivity index (χ4v) is 2.37. The lowest BCUT2D eigenvalue weighted by atomic mass is 10.1. The third-order valence-electron chi connectivity index (χ3n) is 3.49. The van der Waals surface area contributed by atoms with Gasteiger partial charge in [0.05, 0.1) is 19.2 Å². The van der Waals surface area contributed by atoms with Gasteiger partial charge in [-0.3, -0.25) is 9.69 Å². The lowest BCUT2D eigenvalue weighted by Gasteiger charge is -2.41. The average Bonchev–Trinajstić information content (AvgIpc) is 2.39. The molecule has 0 radical (unpaired) electrons. The molecule has 5 heteroatoms. The molecular formula is C14H20N2O3. The van der Waals surface area contributed by atoms with Gasteiger partial charge in [0.25, 0.3) is 0 Å². The molecule has 1 fully saturated rings. The summed E-state index contributed by atoms with van der Waals surface area (Å²) in [6, 6.07) is 6.52. The van der Waals surface area contributed by atoms with E-state index in [0.29, 0.717) is 18.8 Å². The second kappa shape index (κ2) is 5.59. The number of nitrogens with zero attached hydrogens (tertiary/aromatic N) is 2. The number of piperazine rings is 1. The van der Waals surface area contributed by atoms with Crippen molar-refractivity contribution < 1.29 is 15.0 Å². The van der Waals surface area contributed by atoms with E-state index in [-0.39, 0.29) is 30.3 Å². The summed E-state index contributed by atoms with van der Waals surface area (Å²) in [6.07, 6.45) is 0. The predicted octanol–water partition coefficient (Wildman–Crippen LogP) is 0.810. The number of aliphatic hydroxyl groups is 1. The summed E-state index contributed by atoms with van der Waals surface area (Å²) in [4.78, 5) is 16.0. The third kappa shape index (κ3) is 2.88. The van der Waals surface area contributed by atoms with Crippen molar-refractivity contribution in [3.05, 3.63) is 24.3 Å². The van der Waals surface area contributed by atoms with Crippen LogP contribution in [0.5, 0.6) is 5.75 Å². The first-order chi connectivity index (χ1) is 9.02. The zero-order valence-electron chi connectivity index (χ0n) is 11.3. The highest BCUT2D eigenvalue weighted by Crippen LogP contribution is 2.24. The van der Waals surface area contributed by atoms with E-state index < -0.39 is 0 Å². The number of carbonyl (C=O) groups is 1. The maximum absolute atomic E-state index is 12.3. The Kier molecular flexibility index (Phi) is 4.07. The van der Waals surface area contributed by atoms with Gasteiger partial charge in [0.15, 0.2) is 0 Å². The molecule has 0 aromatic heterocycles. The van der Waals surface area contributed by atoms with E-state index in [9.17, 15) is 15.0 Å². The third-order valence-corrected chi connectivity index (χ3v) is 3.49. The Morgan fingerprint density at radius 2 is 1.95 bits per heavy atom. The van der Waals surface area contributed by atoms with Crippen LogP contribution < -0.4 is 4.90 Å². The number of hydrogen-bond donors (Lipinski definition) is 2. The van der Waals surface area contributed by atoms with Crippen molar-refractivity contribution in [2.24, 2.45) is 0 Å². The second-order valence-electron chi connectivity index (χ2n) is 5.14. The molecule has 1 atom stereocenters. The van der Waals surface area contributed by atoms with Gasteiger partial charge in [0.1, 0.15) is 5.75 Å². The predicted molar refractivity (Wildman–Crippen MR) is 73.2 cm³/mol. The summed E-state index contributed by atoms with van der Waals surface area (Å²) in [5, 5.41) is 18.8. The van der Waals surface area contributed by atoms with Crippen LogP contribution in [0.1, 0.15) is 13.8 Å². The number of hydrogen-bond acceptors (Lipinski definition) is 4. The lowest BCUT2D eigenvalue weighted by Crippen LogP contribution is -2.59. The largest absolute Gasteiger partial charge is 0.508 e. The standard InChI is InChI=1S/C14H20N2O3/c1-10(2)15-7-12(9-17)16(14(19)8-15)11-3-5-13(18)6-4-11/h3-6,10,12,17-18H,7-9H2,1-2H3/t12-/m1/s1. The molecule has 104 valence electrons. The van der Waals surface area contributed by atoms with Gasteiger partial charge in [-0.05, 0) is 38.1 Å². The molecule has 1 saturated heterocycles. The van der Waals surface area contributed by atoms with Crippen molar-refractivity contribution in [1.29, 1.82) is 0 Å². The van der Waals surface area contributed by atoms with Gasteiger partial charge in [-0.2, -0.15) is 0 Å². The zero-order chi connectivity index (χ0) is 14.0. The summed E-state index contributed by atoms with van der Waals surface area (Å²) in [6.45, 7) is 5.02. The van der Waals surface area contributed by atoms with Crippen molar-refractivity contribution in [2.45, 2.75) is 25.9 Å². The molecule has 1 aromatic rings. The van der Waals surface area contributed by atoms with Crippen LogP contribution in [0.15, 0.2) is 24.3 Å². The highest BCUT2D eigenvalue weighted by atomic mass is 16.3. The first-order valence-corrected chi connectivity index (χ1v) is 6.49. The van der Waals surface area contributed by atoms with Crippen molar-refractivity contribution in [3.8, 4) is 5.75 Å². The van der Waals surface area contributed by atoms with Crippen LogP contribution in [0.3, 0.4) is 0 Å². The minimum atomic E-state index is -0.242. The highest BCUT2D eigenvalue weighted by Gasteiger charge is 2.33. The van der Waals surface area contributed by atoms with Crippen LogP contribution in [-0.2, 0) is 4.79 Å². The first kappa shape index (κ1) is 13.8. The number of benzene rings is 1. The van der Waals surface area contributed by atoms with E-state index in [2.05, 4.69) is 4.90 Å². The molecule has 0 aliphatic carbocycles. The molecule has 0 saturated carbocycles. The summed E-state index contributed by atoms with van der Waals surface area (Å²) in [7, 11) is 0. The molecule has 19 heavy (non-hydrogen) atoms. The van der Waals surface area contributed by atoms with Crippen LogP contribution in [0.2, 0.25) is 0 Å². The molecule has 5 nitrogen and oxygen atoms in total. The summed E-state index contributed by atoms with van der Waals surface area (Å²) in [5.41, 5.74) is 0.713. The summed E-state index contributed by atoms with van der Waals surface area (Å²) >= 11 is 0. The summed E-state index contributed by atoms with van der Waals surface area (Å²) in [5.74, 6) is 0.141. The maximum Gasteiger partial charge on any atom is 0.241 e. The number of aliphatic hydroxyl groups excluding tert-OH is 1. The molecule has 1 aromatic carbocycles. The lowest BCUT2D eigenvalue weighted by molar-refractivity contribution is -0.123. The van der Waals surface area contributed by atoms with Crippen LogP contribution in [-0.4, -0.2) is 52.8 Å². The molecule has 2 rings (SSSR count). The SMILES string of the molecule is CC(C)N1CC(=O)N(c2ccc(O)cc2)[C@@H](CO)C1. The molecule has 2 N–H and O–H groups in total. The van der Waals surface area contributed by atoms with E-state index in [1.54, 1.807) is 29.2 Å². The Morgan fingerprint density at radius 1 is 1.32 bits per heavy atom. The fraction of sp³-hybridized carbons (Fsp3) is 0.500. The zero-order valence-corrected chi connectivity index (χ0v) is 11.3. The minimum absolute atomic E-state index is 0.0234. The Bertz CT molecular complexity index is 445. The summed E-state index contributed by atoms with van der Waals surface area (Å²) < 4.78 is 0. The van der Waals surface area contributed by atoms with Crippen LogP contribution >= 0.6 is 0 Å². The van der Waals surface area contributed by atoms with Gasteiger partial charge < -0.3 is 15.1 Å². The maximum atomic E-state index is 12.3. The van der Waals surface area contributed by atoms with Crippen molar-refractivity contribution in [3.63, 3.8) is 0 Å². The van der Waals surface area contributed by atoms with Crippen LogP contribution in [0, 0.1) is 0 Å². The van der Waals surface area contributed by atoms with Crippen molar-refractivity contribution >= 4 is 11.6 Å². The van der Waals surface area contributed by atoms with E-state index in [1.807, 2.05) is 13.8 Å². The van der Waals surface area contributed by atoms with Crippen molar-refractivity contribution in [1.82, 2.24) is 4.90 Å². The normalized spacial score (nSPS) is 21.2. The van der Waals surface area contributed by atoms with E-state index >= 15 is 0 Å². The first-order valence-electron chi connectivity index (χ1n) is 6.49. The Hall–Kier alpha value is -1.59. The van der Waals surface area contributed by atoms with Gasteiger partial charge in [-0.15, -0.1) is 0 Å². The number of rotatable bonds is 3. The van der Waals surface area contributed by atoms with Crippen LogP contribution in [0.25, 0.3) is 0 Å². The molecule has 0 spiro atoms. The van der Waals surface area contributed by atoms with Crippen molar-refractivity contribution in [2.75, 3.05) is 24.6 Å². The highest BCUT2D eigenvalue weighted by molar-refractivity contribution is 5.96. The van der Waals surface area contributed by atoms with Crippen LogP contribution in [0.4, 0.5) is 5.69 Å². The quantitative estimate of drug-likeness (QED) is 0.848. The Balaban J connectivity index is 2.24. The van der Waals surface area contributed by atoms with Gasteiger partial charge in [-0.25, -0.2) is 0 Å². The second-order valence-corrected chi connectivity index (χ2v) is 5.14. The van der Waals surface area contributed by atoms with E-state index in [1.165, 1.54) is 0 Å². The van der Waals surface area contributed by atoms with E-state index in [0.717, 1.165) is 0 Å². The number of amides is 1. The topological polar surface area (TPSA) is 64.0 Å². The smallest absolute Gasteiger partial charge is 0.241 e. The minimum Gasteiger partial charge on any atom is -0.508 e. The van der Waals surface area contributed by atoms with Gasteiger partial charge in [-0.1, -0.05) is 0 Å². The fourth-order valence-electron chi connectivity index (χ4n) is 2.37. The number of phenolic OH excluding ortho intramolecular Hbond substituents is 1. The van der Waals surface area contributed by atoms with Gasteiger partial charge >= 0.3 is 0 Å². The average molecular weight is 264 g/mol. The molecule has 1 heterocycles. The Morgan fingerprint density at radius 3 is 2.47 bits per heavy atom.